The van der Waals surface area contributed by atoms with Gasteiger partial charge >= 0.3 is 0 Å². The second-order valence-electron chi connectivity index (χ2n) is 12.0. The number of piperazine rings is 1. The molecule has 8 heteroatoms. The van der Waals surface area contributed by atoms with Gasteiger partial charge in [0.05, 0.1) is 15.7 Å². The fourth-order valence-electron chi connectivity index (χ4n) is 5.79. The zero-order chi connectivity index (χ0) is 27.2. The molecule has 1 saturated heterocycles. The first kappa shape index (κ1) is 26.4. The number of thiazole rings is 1. The zero-order valence-corrected chi connectivity index (χ0v) is 23.5. The van der Waals surface area contributed by atoms with E-state index in [2.05, 4.69) is 27.8 Å². The van der Waals surface area contributed by atoms with Crippen LogP contribution in [0.4, 0.5) is 0 Å². The summed E-state index contributed by atoms with van der Waals surface area (Å²) in [7, 11) is 0. The van der Waals surface area contributed by atoms with Crippen LogP contribution in [-0.2, 0) is 27.2 Å². The van der Waals surface area contributed by atoms with Crippen molar-refractivity contribution >= 4 is 39.3 Å². The normalized spacial score (nSPS) is 21.1. The Labute approximate surface area is 228 Å². The molecule has 7 nitrogen and oxygen atoms in total. The molecular formula is C30H36N4O3S. The molecule has 3 atom stereocenters. The third-order valence-corrected chi connectivity index (χ3v) is 8.19. The van der Waals surface area contributed by atoms with Gasteiger partial charge in [0, 0.05) is 5.54 Å². The first-order chi connectivity index (χ1) is 18.0. The van der Waals surface area contributed by atoms with Crippen LogP contribution in [-0.4, -0.2) is 45.2 Å². The predicted octanol–water partition coefficient (Wildman–Crippen LogP) is 4.41. The number of hydrogen-bond acceptors (Lipinski definition) is 5. The molecule has 0 spiro atoms. The summed E-state index contributed by atoms with van der Waals surface area (Å²) < 4.78 is 0.938. The number of aromatic nitrogens is 1. The number of nitrogens with one attached hydrogen (secondary N) is 2. The maximum Gasteiger partial charge on any atom is 0.247 e. The van der Waals surface area contributed by atoms with Crippen molar-refractivity contribution in [3.05, 3.63) is 64.7 Å². The molecule has 0 bridgehead atoms. The quantitative estimate of drug-likeness (QED) is 0.492. The Bertz CT molecular complexity index is 1350. The highest BCUT2D eigenvalue weighted by atomic mass is 32.1. The van der Waals surface area contributed by atoms with Gasteiger partial charge in [-0.1, -0.05) is 44.2 Å². The third kappa shape index (κ3) is 5.19. The average Bonchev–Trinajstić information content (AvgIpc) is 3.48. The van der Waals surface area contributed by atoms with E-state index in [4.69, 9.17) is 0 Å². The average molecular weight is 533 g/mol. The molecule has 1 aliphatic heterocycles. The van der Waals surface area contributed by atoms with E-state index in [1.165, 1.54) is 22.5 Å². The Morgan fingerprint density at radius 2 is 1.82 bits per heavy atom. The van der Waals surface area contributed by atoms with Crippen molar-refractivity contribution in [3.63, 3.8) is 0 Å². The molecule has 38 heavy (non-hydrogen) atoms. The summed E-state index contributed by atoms with van der Waals surface area (Å²) in [5.41, 5.74) is 5.23. The lowest BCUT2D eigenvalue weighted by atomic mass is 9.87. The molecule has 1 fully saturated rings. The van der Waals surface area contributed by atoms with Crippen LogP contribution in [0.2, 0.25) is 0 Å². The van der Waals surface area contributed by atoms with Crippen LogP contribution in [0.15, 0.2) is 48.0 Å². The van der Waals surface area contributed by atoms with Gasteiger partial charge in [0.2, 0.25) is 17.7 Å². The number of carbonyl (C=O) groups is 3. The molecular weight excluding hydrogens is 496 g/mol. The Morgan fingerprint density at radius 1 is 1.13 bits per heavy atom. The van der Waals surface area contributed by atoms with Crippen molar-refractivity contribution in [1.82, 2.24) is 20.5 Å². The highest BCUT2D eigenvalue weighted by Gasteiger charge is 2.49. The topological polar surface area (TPSA) is 91.4 Å². The minimum absolute atomic E-state index is 0.0540. The fourth-order valence-corrected chi connectivity index (χ4v) is 6.52. The molecule has 0 saturated carbocycles. The van der Waals surface area contributed by atoms with E-state index >= 15 is 0 Å². The molecule has 3 aromatic rings. The van der Waals surface area contributed by atoms with Crippen LogP contribution >= 0.6 is 11.3 Å². The number of hydrogen-bond donors (Lipinski definition) is 2. The summed E-state index contributed by atoms with van der Waals surface area (Å²) in [4.78, 5) is 48.1. The van der Waals surface area contributed by atoms with Crippen LogP contribution in [0.3, 0.4) is 0 Å². The zero-order valence-electron chi connectivity index (χ0n) is 22.7. The van der Waals surface area contributed by atoms with E-state index < -0.39 is 23.7 Å². The van der Waals surface area contributed by atoms with Crippen molar-refractivity contribution in [2.45, 2.75) is 77.5 Å². The minimum atomic E-state index is -0.936. The molecule has 2 aliphatic rings. The second kappa shape index (κ2) is 10.1. The second-order valence-corrected chi connectivity index (χ2v) is 12.9. The van der Waals surface area contributed by atoms with Crippen molar-refractivity contribution in [1.29, 1.82) is 0 Å². The molecule has 200 valence electrons. The largest absolute Gasteiger partial charge is 0.349 e. The number of amides is 3. The third-order valence-electron chi connectivity index (χ3n) is 7.40. The van der Waals surface area contributed by atoms with E-state index in [0.29, 0.717) is 12.0 Å². The van der Waals surface area contributed by atoms with Gasteiger partial charge in [0.1, 0.15) is 18.1 Å². The summed E-state index contributed by atoms with van der Waals surface area (Å²) in [5, 5.41) is 6.17. The number of benzene rings is 2. The molecule has 3 amide bonds. The Morgan fingerprint density at radius 3 is 2.45 bits per heavy atom. The van der Waals surface area contributed by atoms with E-state index in [-0.39, 0.29) is 29.6 Å². The van der Waals surface area contributed by atoms with Crippen LogP contribution < -0.4 is 10.6 Å². The summed E-state index contributed by atoms with van der Waals surface area (Å²) in [6.07, 6.45) is 1.92. The lowest BCUT2D eigenvalue weighted by molar-refractivity contribution is -0.158. The van der Waals surface area contributed by atoms with Gasteiger partial charge in [-0.25, -0.2) is 4.98 Å². The van der Waals surface area contributed by atoms with Gasteiger partial charge < -0.3 is 15.5 Å². The van der Waals surface area contributed by atoms with Gasteiger partial charge in [-0.05, 0) is 80.7 Å². The Balaban J connectivity index is 1.58. The lowest BCUT2D eigenvalue weighted by Crippen LogP contribution is -2.67. The summed E-state index contributed by atoms with van der Waals surface area (Å²) in [6.45, 7) is 9.82. The van der Waals surface area contributed by atoms with Crippen LogP contribution in [0.1, 0.15) is 63.8 Å². The Kier molecular flexibility index (Phi) is 7.03. The SMILES string of the molecule is CC(C)C[C@@H]1C(=O)N[C@H](C2Cc3ccccc3C2)C(=O)N1[C@@H](C(=O)NC(C)(C)C)c1ccc2ncsc2c1. The molecule has 2 heterocycles. The summed E-state index contributed by atoms with van der Waals surface area (Å²) >= 11 is 1.49. The number of rotatable bonds is 6. The first-order valence-corrected chi connectivity index (χ1v) is 14.2. The van der Waals surface area contributed by atoms with Crippen molar-refractivity contribution < 1.29 is 14.4 Å². The molecule has 5 rings (SSSR count). The van der Waals surface area contributed by atoms with E-state index in [1.54, 1.807) is 10.4 Å². The minimum Gasteiger partial charge on any atom is -0.349 e. The smallest absolute Gasteiger partial charge is 0.247 e. The van der Waals surface area contributed by atoms with E-state index in [1.807, 2.05) is 65.0 Å². The fraction of sp³-hybridized carbons (Fsp3) is 0.467. The van der Waals surface area contributed by atoms with Crippen molar-refractivity contribution in [2.75, 3.05) is 0 Å². The maximum atomic E-state index is 14.4. The van der Waals surface area contributed by atoms with Gasteiger partial charge in [-0.15, -0.1) is 11.3 Å². The molecule has 0 unspecified atom stereocenters. The van der Waals surface area contributed by atoms with Crippen molar-refractivity contribution in [3.8, 4) is 0 Å². The molecule has 1 aliphatic carbocycles. The standard InChI is InChI=1S/C30H36N4O3S/c1-17(2)12-23-27(35)32-25(21-13-18-8-6-7-9-19(18)14-21)29(37)34(23)26(28(36)33-30(3,4)5)20-10-11-22-24(15-20)38-16-31-22/h6-11,15-17,21,23,25-26H,12-14H2,1-5H3,(H,32,35)(H,33,36)/t23-,25-,26-/m1/s1. The highest BCUT2D eigenvalue weighted by molar-refractivity contribution is 7.16. The molecule has 2 N–H and O–H groups in total. The van der Waals surface area contributed by atoms with Crippen molar-refractivity contribution in [2.24, 2.45) is 11.8 Å². The molecule has 0 radical (unpaired) electrons. The molecule has 2 aromatic carbocycles. The highest BCUT2D eigenvalue weighted by Crippen LogP contribution is 2.36. The lowest BCUT2D eigenvalue weighted by Gasteiger charge is -2.45. The number of nitrogens with zero attached hydrogens (tertiary/aromatic N) is 2. The molecule has 1 aromatic heterocycles. The van der Waals surface area contributed by atoms with Crippen LogP contribution in [0, 0.1) is 11.8 Å². The Hall–Kier alpha value is -3.26. The van der Waals surface area contributed by atoms with Gasteiger partial charge in [0.25, 0.3) is 0 Å². The van der Waals surface area contributed by atoms with E-state index in [9.17, 15) is 14.4 Å². The van der Waals surface area contributed by atoms with Crippen LogP contribution in [0.25, 0.3) is 10.2 Å². The number of carbonyl (C=O) groups excluding carboxylic acids is 3. The summed E-state index contributed by atoms with van der Waals surface area (Å²) in [5.74, 6) is -0.560. The van der Waals surface area contributed by atoms with Crippen LogP contribution in [0.5, 0.6) is 0 Å². The monoisotopic (exact) mass is 532 g/mol. The summed E-state index contributed by atoms with van der Waals surface area (Å²) in [6, 6.07) is 11.5. The van der Waals surface area contributed by atoms with Gasteiger partial charge in [0.15, 0.2) is 0 Å². The van der Waals surface area contributed by atoms with Gasteiger partial charge in [-0.2, -0.15) is 0 Å². The van der Waals surface area contributed by atoms with E-state index in [0.717, 1.165) is 23.1 Å². The first-order valence-electron chi connectivity index (χ1n) is 13.4. The van der Waals surface area contributed by atoms with Gasteiger partial charge in [-0.3, -0.25) is 14.4 Å². The number of fused-ring (bicyclic) bond motifs is 2. The maximum absolute atomic E-state index is 14.4. The predicted molar refractivity (Wildman–Crippen MR) is 150 cm³/mol.